The fraction of sp³-hybridized carbons (Fsp3) is 0.632. The zero-order chi connectivity index (χ0) is 15.2. The van der Waals surface area contributed by atoms with E-state index >= 15 is 0 Å². The quantitative estimate of drug-likeness (QED) is 0.882. The van der Waals surface area contributed by atoms with Crippen LogP contribution in [0.1, 0.15) is 62.5 Å². The number of fused-ring (bicyclic) bond motifs is 1. The smallest absolute Gasteiger partial charge is 0.279 e. The molecule has 0 aromatic heterocycles. The van der Waals surface area contributed by atoms with Crippen molar-refractivity contribution >= 4 is 11.6 Å². The van der Waals surface area contributed by atoms with E-state index in [1.807, 2.05) is 0 Å². The number of aryl methyl sites for hydroxylation is 2. The van der Waals surface area contributed by atoms with Crippen molar-refractivity contribution in [2.45, 2.75) is 70.3 Å². The van der Waals surface area contributed by atoms with Crippen molar-refractivity contribution in [1.82, 2.24) is 0 Å². The van der Waals surface area contributed by atoms with Gasteiger partial charge in [-0.05, 0) is 68.2 Å². The van der Waals surface area contributed by atoms with Crippen molar-refractivity contribution in [3.63, 3.8) is 0 Å². The lowest BCUT2D eigenvalue weighted by Crippen LogP contribution is -2.91. The van der Waals surface area contributed by atoms with Gasteiger partial charge in [0.15, 0.2) is 6.54 Å². The van der Waals surface area contributed by atoms with Crippen molar-refractivity contribution in [3.05, 3.63) is 29.3 Å². The Balaban J connectivity index is 1.45. The number of hydrogen-bond acceptors (Lipinski definition) is 1. The molecule has 0 bridgehead atoms. The first-order chi connectivity index (χ1) is 10.8. The standard InChI is InChI=1S/C19H28N2O/c22-19(14-20-17-9-4-2-1-3-5-10-17)21-18-12-11-15-7-6-8-16(15)13-18/h11-13,17,20H,1-10,14H2,(H,21,22)/p+1. The minimum Gasteiger partial charge on any atom is -0.336 e. The van der Waals surface area contributed by atoms with Crippen LogP contribution < -0.4 is 10.6 Å². The molecule has 0 saturated heterocycles. The van der Waals surface area contributed by atoms with E-state index in [4.69, 9.17) is 0 Å². The SMILES string of the molecule is O=C(C[NH2+]C1CCCCCCC1)Nc1ccc2c(c1)CCC2. The summed E-state index contributed by atoms with van der Waals surface area (Å²) in [5.74, 6) is 0.139. The molecule has 3 rings (SSSR count). The van der Waals surface area contributed by atoms with E-state index in [0.717, 1.165) is 12.1 Å². The zero-order valence-corrected chi connectivity index (χ0v) is 13.6. The molecule has 3 N–H and O–H groups in total. The molecule has 1 fully saturated rings. The van der Waals surface area contributed by atoms with E-state index in [1.54, 1.807) is 0 Å². The summed E-state index contributed by atoms with van der Waals surface area (Å²) < 4.78 is 0. The van der Waals surface area contributed by atoms with Gasteiger partial charge in [-0.25, -0.2) is 0 Å². The number of hydrogen-bond donors (Lipinski definition) is 2. The highest BCUT2D eigenvalue weighted by molar-refractivity contribution is 5.91. The third-order valence-corrected chi connectivity index (χ3v) is 5.17. The van der Waals surface area contributed by atoms with Gasteiger partial charge in [0, 0.05) is 5.69 Å². The number of benzene rings is 1. The fourth-order valence-corrected chi connectivity index (χ4v) is 3.86. The molecule has 1 aromatic rings. The van der Waals surface area contributed by atoms with E-state index in [1.165, 1.54) is 68.9 Å². The molecule has 22 heavy (non-hydrogen) atoms. The van der Waals surface area contributed by atoms with Gasteiger partial charge in [-0.2, -0.15) is 0 Å². The summed E-state index contributed by atoms with van der Waals surface area (Å²) in [6, 6.07) is 7.04. The topological polar surface area (TPSA) is 45.7 Å². The van der Waals surface area contributed by atoms with Gasteiger partial charge < -0.3 is 10.6 Å². The van der Waals surface area contributed by atoms with Crippen LogP contribution in [0.2, 0.25) is 0 Å². The van der Waals surface area contributed by atoms with E-state index in [2.05, 4.69) is 28.8 Å². The Labute approximate surface area is 133 Å². The summed E-state index contributed by atoms with van der Waals surface area (Å²) in [6.07, 6.45) is 12.9. The second-order valence-electron chi connectivity index (χ2n) is 6.93. The molecule has 1 amide bonds. The normalized spacial score (nSPS) is 19.3. The van der Waals surface area contributed by atoms with Gasteiger partial charge in [-0.1, -0.05) is 25.3 Å². The Kier molecular flexibility index (Phi) is 5.49. The summed E-state index contributed by atoms with van der Waals surface area (Å²) in [6.45, 7) is 0.557. The Morgan fingerprint density at radius 2 is 1.73 bits per heavy atom. The highest BCUT2D eigenvalue weighted by Gasteiger charge is 2.16. The number of nitrogens with one attached hydrogen (secondary N) is 1. The van der Waals surface area contributed by atoms with Crippen LogP contribution in [-0.4, -0.2) is 18.5 Å². The van der Waals surface area contributed by atoms with Gasteiger partial charge in [0.1, 0.15) is 0 Å². The van der Waals surface area contributed by atoms with Crippen LogP contribution in [0.5, 0.6) is 0 Å². The Bertz CT molecular complexity index is 504. The summed E-state index contributed by atoms with van der Waals surface area (Å²) in [5.41, 5.74) is 3.84. The third kappa shape index (κ3) is 4.33. The Morgan fingerprint density at radius 1 is 1.00 bits per heavy atom. The average Bonchev–Trinajstić information content (AvgIpc) is 2.93. The molecule has 3 heteroatoms. The molecule has 0 radical (unpaired) electrons. The van der Waals surface area contributed by atoms with Crippen molar-refractivity contribution < 1.29 is 10.1 Å². The second kappa shape index (κ2) is 7.77. The minimum absolute atomic E-state index is 0.139. The van der Waals surface area contributed by atoms with Gasteiger partial charge in [-0.15, -0.1) is 0 Å². The Morgan fingerprint density at radius 3 is 2.55 bits per heavy atom. The van der Waals surface area contributed by atoms with Crippen LogP contribution >= 0.6 is 0 Å². The molecule has 2 aliphatic rings. The van der Waals surface area contributed by atoms with Crippen molar-refractivity contribution in [2.75, 3.05) is 11.9 Å². The number of carbonyl (C=O) groups excluding carboxylic acids is 1. The zero-order valence-electron chi connectivity index (χ0n) is 13.6. The van der Waals surface area contributed by atoms with Crippen LogP contribution in [0.15, 0.2) is 18.2 Å². The van der Waals surface area contributed by atoms with E-state index < -0.39 is 0 Å². The third-order valence-electron chi connectivity index (χ3n) is 5.17. The van der Waals surface area contributed by atoms with E-state index in [9.17, 15) is 4.79 Å². The first kappa shape index (κ1) is 15.5. The molecular weight excluding hydrogens is 272 g/mol. The maximum absolute atomic E-state index is 12.2. The van der Waals surface area contributed by atoms with Gasteiger partial charge in [0.25, 0.3) is 5.91 Å². The van der Waals surface area contributed by atoms with Crippen molar-refractivity contribution in [1.29, 1.82) is 0 Å². The number of anilines is 1. The molecule has 3 nitrogen and oxygen atoms in total. The number of rotatable bonds is 4. The molecule has 0 atom stereocenters. The number of quaternary nitrogens is 1. The number of amides is 1. The largest absolute Gasteiger partial charge is 0.336 e. The first-order valence-corrected chi connectivity index (χ1v) is 9.06. The number of carbonyl (C=O) groups is 1. The summed E-state index contributed by atoms with van der Waals surface area (Å²) in [4.78, 5) is 12.2. The summed E-state index contributed by atoms with van der Waals surface area (Å²) in [5, 5.41) is 5.33. The van der Waals surface area contributed by atoms with Crippen LogP contribution in [0.3, 0.4) is 0 Å². The summed E-state index contributed by atoms with van der Waals surface area (Å²) in [7, 11) is 0. The highest BCUT2D eigenvalue weighted by atomic mass is 16.1. The molecular formula is C19H29N2O+. The molecule has 0 spiro atoms. The lowest BCUT2D eigenvalue weighted by Gasteiger charge is -2.18. The first-order valence-electron chi connectivity index (χ1n) is 9.06. The van der Waals surface area contributed by atoms with Gasteiger partial charge in [0.2, 0.25) is 0 Å². The van der Waals surface area contributed by atoms with E-state index in [0.29, 0.717) is 12.6 Å². The van der Waals surface area contributed by atoms with Crippen molar-refractivity contribution in [2.24, 2.45) is 0 Å². The molecule has 120 valence electrons. The minimum atomic E-state index is 0.139. The lowest BCUT2D eigenvalue weighted by molar-refractivity contribution is -0.680. The Hall–Kier alpha value is -1.35. The van der Waals surface area contributed by atoms with Gasteiger partial charge >= 0.3 is 0 Å². The van der Waals surface area contributed by atoms with E-state index in [-0.39, 0.29) is 5.91 Å². The molecule has 0 heterocycles. The fourth-order valence-electron chi connectivity index (χ4n) is 3.86. The molecule has 1 saturated carbocycles. The lowest BCUT2D eigenvalue weighted by atomic mass is 9.97. The van der Waals surface area contributed by atoms with Crippen molar-refractivity contribution in [3.8, 4) is 0 Å². The molecule has 0 aliphatic heterocycles. The van der Waals surface area contributed by atoms with Crippen LogP contribution in [0.25, 0.3) is 0 Å². The predicted octanol–water partition coefficient (Wildman–Crippen LogP) is 2.79. The molecule has 2 aliphatic carbocycles. The highest BCUT2D eigenvalue weighted by Crippen LogP contribution is 2.24. The molecule has 1 aromatic carbocycles. The monoisotopic (exact) mass is 301 g/mol. The summed E-state index contributed by atoms with van der Waals surface area (Å²) >= 11 is 0. The number of nitrogens with two attached hydrogens (primary N) is 1. The maximum atomic E-state index is 12.2. The second-order valence-corrected chi connectivity index (χ2v) is 6.93. The predicted molar refractivity (Wildman–Crippen MR) is 90.0 cm³/mol. The van der Waals surface area contributed by atoms with Gasteiger partial charge in [-0.3, -0.25) is 4.79 Å². The maximum Gasteiger partial charge on any atom is 0.279 e. The van der Waals surface area contributed by atoms with Crippen LogP contribution in [-0.2, 0) is 17.6 Å². The molecule has 0 unspecified atom stereocenters. The van der Waals surface area contributed by atoms with Gasteiger partial charge in [0.05, 0.1) is 6.04 Å². The average molecular weight is 301 g/mol. The van der Waals surface area contributed by atoms with Crippen LogP contribution in [0.4, 0.5) is 5.69 Å². The van der Waals surface area contributed by atoms with Crippen LogP contribution in [0, 0.1) is 0 Å².